The number of rotatable bonds is 8. The SMILES string of the molecule is CCC(NC(=O)CCn1nccc1C(=O)O)c1ccc(C(C)C)cc1. The summed E-state index contributed by atoms with van der Waals surface area (Å²) >= 11 is 0. The molecule has 1 heterocycles. The molecule has 134 valence electrons. The number of nitrogens with zero attached hydrogens (tertiary/aromatic N) is 2. The van der Waals surface area contributed by atoms with Crippen molar-refractivity contribution < 1.29 is 14.7 Å². The topological polar surface area (TPSA) is 84.2 Å². The fraction of sp³-hybridized carbons (Fsp3) is 0.421. The van der Waals surface area contributed by atoms with E-state index < -0.39 is 5.97 Å². The standard InChI is InChI=1S/C19H25N3O3/c1-4-16(15-7-5-14(6-8-15)13(2)3)21-18(23)10-12-22-17(19(24)25)9-11-20-22/h5-9,11,13,16H,4,10,12H2,1-3H3,(H,21,23)(H,24,25). The smallest absolute Gasteiger partial charge is 0.354 e. The van der Waals surface area contributed by atoms with Gasteiger partial charge < -0.3 is 10.4 Å². The first-order chi connectivity index (χ1) is 11.9. The van der Waals surface area contributed by atoms with Crippen molar-refractivity contribution in [3.8, 4) is 0 Å². The molecule has 0 aliphatic heterocycles. The van der Waals surface area contributed by atoms with E-state index in [1.54, 1.807) is 0 Å². The predicted molar refractivity (Wildman–Crippen MR) is 95.5 cm³/mol. The van der Waals surface area contributed by atoms with Gasteiger partial charge in [0.2, 0.25) is 5.91 Å². The van der Waals surface area contributed by atoms with Crippen molar-refractivity contribution in [2.75, 3.05) is 0 Å². The van der Waals surface area contributed by atoms with Gasteiger partial charge in [0.25, 0.3) is 0 Å². The van der Waals surface area contributed by atoms with Crippen LogP contribution in [0, 0.1) is 0 Å². The average molecular weight is 343 g/mol. The third kappa shape index (κ3) is 4.92. The number of carboxylic acid groups (broad SMARTS) is 1. The molecule has 0 saturated carbocycles. The van der Waals surface area contributed by atoms with Crippen molar-refractivity contribution in [3.05, 3.63) is 53.3 Å². The van der Waals surface area contributed by atoms with Gasteiger partial charge in [0.15, 0.2) is 0 Å². The second-order valence-electron chi connectivity index (χ2n) is 6.34. The second-order valence-corrected chi connectivity index (χ2v) is 6.34. The predicted octanol–water partition coefficient (Wildman–Crippen LogP) is 3.36. The quantitative estimate of drug-likeness (QED) is 0.770. The van der Waals surface area contributed by atoms with E-state index in [0.29, 0.717) is 5.92 Å². The van der Waals surface area contributed by atoms with Crippen molar-refractivity contribution in [3.63, 3.8) is 0 Å². The van der Waals surface area contributed by atoms with Crippen LogP contribution in [0.1, 0.15) is 67.2 Å². The summed E-state index contributed by atoms with van der Waals surface area (Å²) in [6, 6.07) is 9.67. The molecule has 6 nitrogen and oxygen atoms in total. The number of hydrogen-bond acceptors (Lipinski definition) is 3. The van der Waals surface area contributed by atoms with Crippen LogP contribution in [-0.2, 0) is 11.3 Å². The second kappa shape index (κ2) is 8.46. The number of aromatic carboxylic acids is 1. The molecule has 0 fully saturated rings. The number of carboxylic acids is 1. The number of hydrogen-bond donors (Lipinski definition) is 2. The zero-order valence-corrected chi connectivity index (χ0v) is 14.9. The van der Waals surface area contributed by atoms with Gasteiger partial charge in [0.05, 0.1) is 12.6 Å². The van der Waals surface area contributed by atoms with E-state index >= 15 is 0 Å². The van der Waals surface area contributed by atoms with Gasteiger partial charge in [-0.25, -0.2) is 4.79 Å². The average Bonchev–Trinajstić information content (AvgIpc) is 3.07. The van der Waals surface area contributed by atoms with Gasteiger partial charge in [-0.05, 0) is 29.5 Å². The molecule has 0 aliphatic carbocycles. The Labute approximate surface area is 147 Å². The highest BCUT2D eigenvalue weighted by Gasteiger charge is 2.15. The molecule has 2 rings (SSSR count). The summed E-state index contributed by atoms with van der Waals surface area (Å²) in [6.45, 7) is 6.56. The molecule has 1 amide bonds. The van der Waals surface area contributed by atoms with Crippen LogP contribution < -0.4 is 5.32 Å². The Morgan fingerprint density at radius 3 is 2.36 bits per heavy atom. The van der Waals surface area contributed by atoms with Crippen LogP contribution in [0.4, 0.5) is 0 Å². The van der Waals surface area contributed by atoms with Crippen molar-refractivity contribution in [2.45, 2.75) is 52.1 Å². The van der Waals surface area contributed by atoms with E-state index in [9.17, 15) is 9.59 Å². The fourth-order valence-corrected chi connectivity index (χ4v) is 2.70. The van der Waals surface area contributed by atoms with Crippen LogP contribution in [0.5, 0.6) is 0 Å². The number of aryl methyl sites for hydroxylation is 1. The first-order valence-corrected chi connectivity index (χ1v) is 8.56. The zero-order valence-electron chi connectivity index (χ0n) is 14.9. The summed E-state index contributed by atoms with van der Waals surface area (Å²) in [5, 5.41) is 16.0. The number of carbonyl (C=O) groups excluding carboxylic acids is 1. The molecule has 1 atom stereocenters. The molecule has 0 bridgehead atoms. The number of benzene rings is 1. The third-order valence-corrected chi connectivity index (χ3v) is 4.24. The Morgan fingerprint density at radius 2 is 1.80 bits per heavy atom. The van der Waals surface area contributed by atoms with Crippen LogP contribution in [0.15, 0.2) is 36.5 Å². The zero-order chi connectivity index (χ0) is 18.4. The van der Waals surface area contributed by atoms with Crippen molar-refractivity contribution in [1.82, 2.24) is 15.1 Å². The highest BCUT2D eigenvalue weighted by molar-refractivity contribution is 5.85. The molecule has 0 spiro atoms. The van der Waals surface area contributed by atoms with Gasteiger partial charge in [-0.3, -0.25) is 9.48 Å². The number of amides is 1. The summed E-state index contributed by atoms with van der Waals surface area (Å²) in [6.07, 6.45) is 2.39. The summed E-state index contributed by atoms with van der Waals surface area (Å²) in [5.74, 6) is -0.692. The molecule has 0 radical (unpaired) electrons. The number of carbonyl (C=O) groups is 2. The summed E-state index contributed by atoms with van der Waals surface area (Å²) in [5.41, 5.74) is 2.43. The van der Waals surface area contributed by atoms with E-state index in [4.69, 9.17) is 5.11 Å². The van der Waals surface area contributed by atoms with Crippen LogP contribution in [0.3, 0.4) is 0 Å². The lowest BCUT2D eigenvalue weighted by Crippen LogP contribution is -2.29. The van der Waals surface area contributed by atoms with E-state index in [-0.39, 0.29) is 30.6 Å². The van der Waals surface area contributed by atoms with Gasteiger partial charge in [0.1, 0.15) is 5.69 Å². The van der Waals surface area contributed by atoms with Gasteiger partial charge >= 0.3 is 5.97 Å². The molecule has 25 heavy (non-hydrogen) atoms. The highest BCUT2D eigenvalue weighted by Crippen LogP contribution is 2.21. The maximum Gasteiger partial charge on any atom is 0.354 e. The molecule has 2 aromatic rings. The largest absolute Gasteiger partial charge is 0.477 e. The fourth-order valence-electron chi connectivity index (χ4n) is 2.70. The number of nitrogens with one attached hydrogen (secondary N) is 1. The molecule has 1 aromatic carbocycles. The minimum absolute atomic E-state index is 0.0507. The summed E-state index contributed by atoms with van der Waals surface area (Å²) in [7, 11) is 0. The normalized spacial score (nSPS) is 12.2. The molecule has 6 heteroatoms. The summed E-state index contributed by atoms with van der Waals surface area (Å²) < 4.78 is 1.33. The van der Waals surface area contributed by atoms with Gasteiger partial charge in [-0.1, -0.05) is 45.0 Å². The minimum Gasteiger partial charge on any atom is -0.477 e. The van der Waals surface area contributed by atoms with E-state index in [2.05, 4.69) is 48.5 Å². The van der Waals surface area contributed by atoms with Gasteiger partial charge in [0, 0.05) is 12.6 Å². The van der Waals surface area contributed by atoms with Gasteiger partial charge in [-0.15, -0.1) is 0 Å². The highest BCUT2D eigenvalue weighted by atomic mass is 16.4. The lowest BCUT2D eigenvalue weighted by atomic mass is 9.98. The lowest BCUT2D eigenvalue weighted by molar-refractivity contribution is -0.122. The lowest BCUT2D eigenvalue weighted by Gasteiger charge is -2.18. The Balaban J connectivity index is 1.95. The molecule has 1 aromatic heterocycles. The maximum atomic E-state index is 12.2. The van der Waals surface area contributed by atoms with E-state index in [1.807, 2.05) is 6.92 Å². The first kappa shape index (κ1) is 18.7. The molecule has 1 unspecified atom stereocenters. The molecule has 2 N–H and O–H groups in total. The molecule has 0 saturated heterocycles. The maximum absolute atomic E-state index is 12.2. The van der Waals surface area contributed by atoms with Crippen LogP contribution in [0.2, 0.25) is 0 Å². The monoisotopic (exact) mass is 343 g/mol. The van der Waals surface area contributed by atoms with E-state index in [1.165, 1.54) is 22.5 Å². The van der Waals surface area contributed by atoms with Gasteiger partial charge in [-0.2, -0.15) is 5.10 Å². The summed E-state index contributed by atoms with van der Waals surface area (Å²) in [4.78, 5) is 23.3. The number of aromatic nitrogens is 2. The van der Waals surface area contributed by atoms with E-state index in [0.717, 1.165) is 12.0 Å². The Kier molecular flexibility index (Phi) is 6.33. The Morgan fingerprint density at radius 1 is 1.16 bits per heavy atom. The minimum atomic E-state index is -1.05. The van der Waals surface area contributed by atoms with Crippen LogP contribution >= 0.6 is 0 Å². The van der Waals surface area contributed by atoms with Crippen molar-refractivity contribution in [1.29, 1.82) is 0 Å². The van der Waals surface area contributed by atoms with Crippen molar-refractivity contribution in [2.24, 2.45) is 0 Å². The molecular weight excluding hydrogens is 318 g/mol. The Hall–Kier alpha value is -2.63. The van der Waals surface area contributed by atoms with Crippen molar-refractivity contribution >= 4 is 11.9 Å². The third-order valence-electron chi connectivity index (χ3n) is 4.24. The Bertz CT molecular complexity index is 720. The van der Waals surface area contributed by atoms with Crippen LogP contribution in [-0.4, -0.2) is 26.8 Å². The first-order valence-electron chi connectivity index (χ1n) is 8.56. The molecule has 0 aliphatic rings. The molecular formula is C19H25N3O3. The van der Waals surface area contributed by atoms with Crippen LogP contribution in [0.25, 0.3) is 0 Å².